The van der Waals surface area contributed by atoms with Crippen LogP contribution in [0.4, 0.5) is 5.69 Å². The molecule has 5 nitrogen and oxygen atoms in total. The number of carbonyl (C=O) groups is 1. The average Bonchev–Trinajstić information content (AvgIpc) is 3.11. The highest BCUT2D eigenvalue weighted by atomic mass is 79.9. The summed E-state index contributed by atoms with van der Waals surface area (Å²) in [5.74, 6) is 0.968. The van der Waals surface area contributed by atoms with Crippen LogP contribution >= 0.6 is 15.9 Å². The third-order valence-corrected chi connectivity index (χ3v) is 4.76. The highest BCUT2D eigenvalue weighted by Gasteiger charge is 2.24. The van der Waals surface area contributed by atoms with Gasteiger partial charge in [-0.25, -0.2) is 9.79 Å². The third-order valence-electron chi connectivity index (χ3n) is 4.27. The summed E-state index contributed by atoms with van der Waals surface area (Å²) in [4.78, 5) is 16.2. The molecule has 0 N–H and O–H groups in total. The van der Waals surface area contributed by atoms with E-state index in [1.165, 1.54) is 6.08 Å². The number of hydrogen-bond acceptors (Lipinski definition) is 5. The predicted octanol–water partition coefficient (Wildman–Crippen LogP) is 6.43. The molecule has 4 rings (SSSR count). The fourth-order valence-electron chi connectivity index (χ4n) is 2.94. The second kappa shape index (κ2) is 8.97. The molecular weight excluding hydrogens is 446 g/mol. The van der Waals surface area contributed by atoms with Crippen LogP contribution < -0.4 is 0 Å². The van der Waals surface area contributed by atoms with Crippen molar-refractivity contribution in [3.63, 3.8) is 0 Å². The Hall–Kier alpha value is -3.38. The van der Waals surface area contributed by atoms with Crippen LogP contribution in [-0.4, -0.2) is 18.5 Å². The zero-order valence-electron chi connectivity index (χ0n) is 16.2. The van der Waals surface area contributed by atoms with Crippen molar-refractivity contribution in [2.45, 2.75) is 6.92 Å². The van der Waals surface area contributed by atoms with Gasteiger partial charge < -0.3 is 13.9 Å². The number of aliphatic imine (C=N–C) groups is 1. The van der Waals surface area contributed by atoms with Gasteiger partial charge in [0.2, 0.25) is 5.90 Å². The molecule has 0 amide bonds. The average molecular weight is 464 g/mol. The lowest BCUT2D eigenvalue weighted by molar-refractivity contribution is -0.137. The van der Waals surface area contributed by atoms with Crippen molar-refractivity contribution < 1.29 is 18.7 Å². The molecule has 0 atom stereocenters. The number of esters is 1. The number of fused-ring (bicyclic) bond motifs is 3. The molecule has 2 aromatic carbocycles. The summed E-state index contributed by atoms with van der Waals surface area (Å²) in [7, 11) is 0. The van der Waals surface area contributed by atoms with Crippen molar-refractivity contribution in [1.82, 2.24) is 0 Å². The zero-order chi connectivity index (χ0) is 20.9. The molecule has 0 saturated heterocycles. The summed E-state index contributed by atoms with van der Waals surface area (Å²) < 4.78 is 17.8. The van der Waals surface area contributed by atoms with E-state index >= 15 is 0 Å². The fraction of sp³-hybridized carbons (Fsp3) is 0.0833. The Balaban J connectivity index is 1.74. The second-order valence-electron chi connectivity index (χ2n) is 6.36. The number of allylic oxidation sites excluding steroid dienone is 2. The molecule has 0 bridgehead atoms. The Morgan fingerprint density at radius 2 is 2.00 bits per heavy atom. The Morgan fingerprint density at radius 3 is 2.80 bits per heavy atom. The van der Waals surface area contributed by atoms with Crippen molar-refractivity contribution in [2.75, 3.05) is 6.61 Å². The molecule has 2 heterocycles. The van der Waals surface area contributed by atoms with E-state index in [2.05, 4.69) is 20.9 Å². The Morgan fingerprint density at radius 1 is 1.17 bits per heavy atom. The highest BCUT2D eigenvalue weighted by Crippen LogP contribution is 2.42. The molecule has 150 valence electrons. The van der Waals surface area contributed by atoms with Crippen LogP contribution in [0.15, 0.2) is 86.7 Å². The molecule has 0 aliphatic carbocycles. The molecule has 0 unspecified atom stereocenters. The first-order chi connectivity index (χ1) is 14.6. The minimum absolute atomic E-state index is 0.319. The van der Waals surface area contributed by atoms with Crippen molar-refractivity contribution >= 4 is 56.3 Å². The first-order valence-corrected chi connectivity index (χ1v) is 10.2. The van der Waals surface area contributed by atoms with Gasteiger partial charge in [0.15, 0.2) is 11.5 Å². The van der Waals surface area contributed by atoms with E-state index in [0.717, 1.165) is 15.4 Å². The number of carbonyl (C=O) groups excluding carboxylic acids is 1. The van der Waals surface area contributed by atoms with Crippen LogP contribution in [0.3, 0.4) is 0 Å². The lowest BCUT2D eigenvalue weighted by atomic mass is 10.2. The van der Waals surface area contributed by atoms with Crippen LogP contribution in [-0.2, 0) is 14.3 Å². The minimum atomic E-state index is -0.420. The molecular formula is C24H18BrNO4. The van der Waals surface area contributed by atoms with Gasteiger partial charge in [-0.1, -0.05) is 52.3 Å². The number of ether oxygens (including phenoxy) is 2. The molecule has 3 aromatic rings. The van der Waals surface area contributed by atoms with Crippen LogP contribution in [0.5, 0.6) is 0 Å². The summed E-state index contributed by atoms with van der Waals surface area (Å²) in [5, 5.41) is 0.869. The molecule has 1 aliphatic heterocycles. The number of hydrogen-bond donors (Lipinski definition) is 0. The number of benzene rings is 2. The van der Waals surface area contributed by atoms with Crippen LogP contribution in [0.25, 0.3) is 22.8 Å². The van der Waals surface area contributed by atoms with E-state index in [4.69, 9.17) is 13.9 Å². The number of rotatable bonds is 5. The molecule has 0 spiro atoms. The first kappa shape index (κ1) is 19.9. The van der Waals surface area contributed by atoms with E-state index in [1.54, 1.807) is 25.2 Å². The first-order valence-electron chi connectivity index (χ1n) is 9.41. The quantitative estimate of drug-likeness (QED) is 0.323. The molecule has 0 saturated carbocycles. The number of halogens is 1. The van der Waals surface area contributed by atoms with Gasteiger partial charge in [-0.15, -0.1) is 0 Å². The predicted molar refractivity (Wildman–Crippen MR) is 121 cm³/mol. The van der Waals surface area contributed by atoms with Crippen molar-refractivity contribution in [2.24, 2.45) is 4.99 Å². The monoisotopic (exact) mass is 463 g/mol. The van der Waals surface area contributed by atoms with Gasteiger partial charge in [-0.3, -0.25) is 0 Å². The van der Waals surface area contributed by atoms with Gasteiger partial charge in [0.05, 0.1) is 6.61 Å². The van der Waals surface area contributed by atoms with Gasteiger partial charge in [-0.2, -0.15) is 0 Å². The van der Waals surface area contributed by atoms with Crippen LogP contribution in [0.2, 0.25) is 0 Å². The molecule has 1 aromatic heterocycles. The fourth-order valence-corrected chi connectivity index (χ4v) is 3.31. The SMILES string of the molecule is CCOC(=O)/C=C/C=C1\OC(/C=C/c2ccccc2)=Nc2c1oc1ccc(Br)cc21. The summed E-state index contributed by atoms with van der Waals surface area (Å²) >= 11 is 3.50. The smallest absolute Gasteiger partial charge is 0.330 e. The van der Waals surface area contributed by atoms with Gasteiger partial charge in [0, 0.05) is 22.0 Å². The minimum Gasteiger partial charge on any atom is -0.463 e. The Labute approximate surface area is 182 Å². The van der Waals surface area contributed by atoms with E-state index in [0.29, 0.717) is 35.3 Å². The van der Waals surface area contributed by atoms with Crippen molar-refractivity contribution in [3.05, 3.63) is 88.6 Å². The van der Waals surface area contributed by atoms with Gasteiger partial charge in [0.25, 0.3) is 0 Å². The summed E-state index contributed by atoms with van der Waals surface area (Å²) in [5.41, 5.74) is 2.41. The Bertz CT molecular complexity index is 1200. The topological polar surface area (TPSA) is 61.0 Å². The largest absolute Gasteiger partial charge is 0.463 e. The lowest BCUT2D eigenvalue weighted by Crippen LogP contribution is -2.05. The highest BCUT2D eigenvalue weighted by molar-refractivity contribution is 9.10. The van der Waals surface area contributed by atoms with Gasteiger partial charge in [-0.05, 0) is 42.8 Å². The third kappa shape index (κ3) is 4.44. The van der Waals surface area contributed by atoms with Crippen molar-refractivity contribution in [1.29, 1.82) is 0 Å². The van der Waals surface area contributed by atoms with Gasteiger partial charge >= 0.3 is 5.97 Å². The molecule has 30 heavy (non-hydrogen) atoms. The zero-order valence-corrected chi connectivity index (χ0v) is 17.8. The lowest BCUT2D eigenvalue weighted by Gasteiger charge is -2.13. The van der Waals surface area contributed by atoms with E-state index in [1.807, 2.05) is 54.6 Å². The van der Waals surface area contributed by atoms with Crippen molar-refractivity contribution in [3.8, 4) is 0 Å². The molecule has 1 aliphatic rings. The summed E-state index contributed by atoms with van der Waals surface area (Å²) in [6, 6.07) is 15.6. The van der Waals surface area contributed by atoms with E-state index < -0.39 is 5.97 Å². The molecule has 6 heteroatoms. The normalized spacial score (nSPS) is 14.9. The Kier molecular flexibility index (Phi) is 5.95. The van der Waals surface area contributed by atoms with E-state index in [9.17, 15) is 4.79 Å². The molecule has 0 radical (unpaired) electrons. The maximum Gasteiger partial charge on any atom is 0.330 e. The summed E-state index contributed by atoms with van der Waals surface area (Å²) in [6.45, 7) is 2.08. The molecule has 0 fully saturated rings. The maximum atomic E-state index is 11.6. The number of furan rings is 1. The van der Waals surface area contributed by atoms with Gasteiger partial charge in [0.1, 0.15) is 11.3 Å². The standard InChI is InChI=1S/C24H18BrNO4/c1-2-28-22(27)10-6-9-20-24-23(18-15-17(25)12-13-19(18)30-24)26-21(29-20)14-11-16-7-4-3-5-8-16/h3-15H,2H2,1H3/b10-6+,14-11+,20-9-. The van der Waals surface area contributed by atoms with Crippen LogP contribution in [0, 0.1) is 0 Å². The summed E-state index contributed by atoms with van der Waals surface area (Å²) in [6.07, 6.45) is 8.30. The van der Waals surface area contributed by atoms with Crippen LogP contribution in [0.1, 0.15) is 18.2 Å². The second-order valence-corrected chi connectivity index (χ2v) is 7.27. The maximum absolute atomic E-state index is 11.6. The van der Waals surface area contributed by atoms with E-state index in [-0.39, 0.29) is 0 Å². The number of nitrogens with zero attached hydrogens (tertiary/aromatic N) is 1.